The first-order valence-electron chi connectivity index (χ1n) is 5.56. The van der Waals surface area contributed by atoms with Gasteiger partial charge in [-0.2, -0.15) is 0 Å². The molecule has 0 bridgehead atoms. The number of hydrazine groups is 1. The zero-order chi connectivity index (χ0) is 13.0. The molecule has 3 nitrogen and oxygen atoms in total. The third-order valence-corrected chi connectivity index (χ3v) is 4.57. The molecule has 1 atom stereocenters. The van der Waals surface area contributed by atoms with Crippen molar-refractivity contribution in [3.8, 4) is 5.75 Å². The van der Waals surface area contributed by atoms with Gasteiger partial charge in [-0.3, -0.25) is 11.3 Å². The highest BCUT2D eigenvalue weighted by atomic mass is 127. The summed E-state index contributed by atoms with van der Waals surface area (Å²) in [5.41, 5.74) is 5.32. The molecule has 18 heavy (non-hydrogen) atoms. The van der Waals surface area contributed by atoms with Crippen LogP contribution < -0.4 is 16.0 Å². The largest absolute Gasteiger partial charge is 0.497 e. The molecule has 0 aliphatic carbocycles. The molecule has 1 heterocycles. The predicted molar refractivity (Wildman–Crippen MR) is 83.8 cm³/mol. The van der Waals surface area contributed by atoms with E-state index in [1.165, 1.54) is 14.0 Å². The molecular formula is C13H15IN2OS. The summed E-state index contributed by atoms with van der Waals surface area (Å²) in [6, 6.07) is 10.4. The summed E-state index contributed by atoms with van der Waals surface area (Å²) in [5, 5.41) is 2.15. The van der Waals surface area contributed by atoms with Crippen molar-refractivity contribution in [1.82, 2.24) is 5.43 Å². The van der Waals surface area contributed by atoms with Crippen LogP contribution in [0.4, 0.5) is 0 Å². The molecule has 0 fully saturated rings. The fraction of sp³-hybridized carbons (Fsp3) is 0.231. The second-order valence-electron chi connectivity index (χ2n) is 3.96. The highest BCUT2D eigenvalue weighted by Gasteiger charge is 2.12. The Morgan fingerprint density at radius 2 is 2.28 bits per heavy atom. The van der Waals surface area contributed by atoms with Crippen LogP contribution in [0.2, 0.25) is 0 Å². The number of nitrogens with two attached hydrogens (primary N) is 1. The van der Waals surface area contributed by atoms with Gasteiger partial charge in [-0.1, -0.05) is 12.1 Å². The lowest BCUT2D eigenvalue weighted by molar-refractivity contribution is 0.414. The summed E-state index contributed by atoms with van der Waals surface area (Å²) in [6.45, 7) is 0. The molecule has 1 unspecified atom stereocenters. The number of benzene rings is 1. The number of hydrogen-bond donors (Lipinski definition) is 2. The molecule has 1 aromatic heterocycles. The molecule has 0 aliphatic rings. The third kappa shape index (κ3) is 3.44. The summed E-state index contributed by atoms with van der Waals surface area (Å²) in [6.07, 6.45) is 0.848. The van der Waals surface area contributed by atoms with Crippen molar-refractivity contribution in [3.63, 3.8) is 0 Å². The SMILES string of the molecule is COc1cccc(CC(NN)c2csc(I)c2)c1. The molecule has 0 saturated carbocycles. The van der Waals surface area contributed by atoms with Crippen LogP contribution in [0.25, 0.3) is 0 Å². The Hall–Kier alpha value is -0.630. The van der Waals surface area contributed by atoms with Gasteiger partial charge in [0, 0.05) is 0 Å². The first kappa shape index (κ1) is 13.8. The normalized spacial score (nSPS) is 12.4. The van der Waals surface area contributed by atoms with E-state index in [1.54, 1.807) is 18.4 Å². The number of nitrogens with one attached hydrogen (secondary N) is 1. The number of methoxy groups -OCH3 is 1. The summed E-state index contributed by atoms with van der Waals surface area (Å²) < 4.78 is 6.50. The number of halogens is 1. The Balaban J connectivity index is 2.14. The first-order valence-corrected chi connectivity index (χ1v) is 7.51. The van der Waals surface area contributed by atoms with Gasteiger partial charge in [-0.15, -0.1) is 11.3 Å². The maximum absolute atomic E-state index is 5.65. The van der Waals surface area contributed by atoms with E-state index >= 15 is 0 Å². The molecule has 3 N–H and O–H groups in total. The molecule has 0 saturated heterocycles. The molecule has 2 aromatic rings. The Labute approximate surface area is 124 Å². The molecule has 0 radical (unpaired) electrons. The summed E-state index contributed by atoms with van der Waals surface area (Å²) >= 11 is 4.06. The average molecular weight is 374 g/mol. The van der Waals surface area contributed by atoms with Crippen molar-refractivity contribution < 1.29 is 4.74 Å². The van der Waals surface area contributed by atoms with Gasteiger partial charge in [0.2, 0.25) is 0 Å². The molecule has 5 heteroatoms. The Morgan fingerprint density at radius 1 is 1.44 bits per heavy atom. The van der Waals surface area contributed by atoms with Crippen LogP contribution in [0.15, 0.2) is 35.7 Å². The van der Waals surface area contributed by atoms with Gasteiger partial charge in [-0.25, -0.2) is 0 Å². The molecule has 96 valence electrons. The smallest absolute Gasteiger partial charge is 0.119 e. The fourth-order valence-corrected chi connectivity index (χ4v) is 3.24. The van der Waals surface area contributed by atoms with E-state index in [1.807, 2.05) is 18.2 Å². The van der Waals surface area contributed by atoms with E-state index in [2.05, 4.69) is 45.5 Å². The van der Waals surface area contributed by atoms with E-state index in [4.69, 9.17) is 10.6 Å². The van der Waals surface area contributed by atoms with Gasteiger partial charge >= 0.3 is 0 Å². The van der Waals surface area contributed by atoms with Crippen LogP contribution in [0.1, 0.15) is 17.2 Å². The van der Waals surface area contributed by atoms with E-state index in [0.29, 0.717) is 0 Å². The second kappa shape index (κ2) is 6.51. The maximum Gasteiger partial charge on any atom is 0.119 e. The van der Waals surface area contributed by atoms with Crippen molar-refractivity contribution in [3.05, 3.63) is 49.7 Å². The fourth-order valence-electron chi connectivity index (χ4n) is 1.81. The van der Waals surface area contributed by atoms with Gasteiger partial charge in [0.05, 0.1) is 16.0 Å². The quantitative estimate of drug-likeness (QED) is 0.480. The zero-order valence-corrected chi connectivity index (χ0v) is 13.0. The van der Waals surface area contributed by atoms with Crippen LogP contribution in [0, 0.1) is 2.88 Å². The molecule has 0 aliphatic heterocycles. The Kier molecular flexibility index (Phi) is 4.99. The van der Waals surface area contributed by atoms with Crippen LogP contribution in [-0.2, 0) is 6.42 Å². The van der Waals surface area contributed by atoms with E-state index in [0.717, 1.165) is 12.2 Å². The lowest BCUT2D eigenvalue weighted by Crippen LogP contribution is -2.29. The van der Waals surface area contributed by atoms with Gasteiger partial charge in [0.25, 0.3) is 0 Å². The molecule has 1 aromatic carbocycles. The van der Waals surface area contributed by atoms with Crippen molar-refractivity contribution in [2.45, 2.75) is 12.5 Å². The van der Waals surface area contributed by atoms with E-state index in [-0.39, 0.29) is 6.04 Å². The maximum atomic E-state index is 5.65. The second-order valence-corrected chi connectivity index (χ2v) is 6.76. The minimum absolute atomic E-state index is 0.136. The molecule has 2 rings (SSSR count). The zero-order valence-electron chi connectivity index (χ0n) is 10.0. The van der Waals surface area contributed by atoms with Crippen LogP contribution in [-0.4, -0.2) is 7.11 Å². The topological polar surface area (TPSA) is 47.3 Å². The highest BCUT2D eigenvalue weighted by molar-refractivity contribution is 14.1. The predicted octanol–water partition coefficient (Wildman–Crippen LogP) is 3.11. The third-order valence-electron chi connectivity index (χ3n) is 2.77. The number of thiophene rings is 1. The summed E-state index contributed by atoms with van der Waals surface area (Å²) in [5.74, 6) is 6.53. The highest BCUT2D eigenvalue weighted by Crippen LogP contribution is 2.25. The van der Waals surface area contributed by atoms with Crippen LogP contribution >= 0.6 is 33.9 Å². The molecular weight excluding hydrogens is 359 g/mol. The standard InChI is InChI=1S/C13H15IN2OS/c1-17-11-4-2-3-9(5-11)6-12(16-15)10-7-13(14)18-8-10/h2-5,7-8,12,16H,6,15H2,1H3. The van der Waals surface area contributed by atoms with Crippen molar-refractivity contribution in [1.29, 1.82) is 0 Å². The monoisotopic (exact) mass is 374 g/mol. The Bertz CT molecular complexity index is 515. The van der Waals surface area contributed by atoms with Gasteiger partial charge < -0.3 is 4.74 Å². The molecule has 0 spiro atoms. The lowest BCUT2D eigenvalue weighted by Gasteiger charge is -2.15. The molecule has 0 amide bonds. The minimum atomic E-state index is 0.136. The van der Waals surface area contributed by atoms with E-state index in [9.17, 15) is 0 Å². The van der Waals surface area contributed by atoms with Gasteiger partial charge in [0.15, 0.2) is 0 Å². The number of hydrogen-bond acceptors (Lipinski definition) is 4. The summed E-state index contributed by atoms with van der Waals surface area (Å²) in [4.78, 5) is 0. The summed E-state index contributed by atoms with van der Waals surface area (Å²) in [7, 11) is 1.68. The van der Waals surface area contributed by atoms with E-state index < -0.39 is 0 Å². The minimum Gasteiger partial charge on any atom is -0.497 e. The van der Waals surface area contributed by atoms with Crippen molar-refractivity contribution in [2.75, 3.05) is 7.11 Å². The van der Waals surface area contributed by atoms with Gasteiger partial charge in [0.1, 0.15) is 5.75 Å². The number of rotatable bonds is 5. The van der Waals surface area contributed by atoms with Crippen LogP contribution in [0.5, 0.6) is 5.75 Å². The van der Waals surface area contributed by atoms with Gasteiger partial charge in [-0.05, 0) is 63.7 Å². The Morgan fingerprint density at radius 3 is 2.89 bits per heavy atom. The lowest BCUT2D eigenvalue weighted by atomic mass is 10.0. The van der Waals surface area contributed by atoms with Crippen LogP contribution in [0.3, 0.4) is 0 Å². The number of ether oxygens (including phenoxy) is 1. The van der Waals surface area contributed by atoms with Crippen molar-refractivity contribution >= 4 is 33.9 Å². The first-order chi connectivity index (χ1) is 8.72. The average Bonchev–Trinajstić information content (AvgIpc) is 2.82. The van der Waals surface area contributed by atoms with Crippen molar-refractivity contribution in [2.24, 2.45) is 5.84 Å².